The van der Waals surface area contributed by atoms with Gasteiger partial charge in [-0.1, -0.05) is 30.7 Å². The molecule has 2 aromatic rings. The Kier molecular flexibility index (Phi) is 4.63. The van der Waals surface area contributed by atoms with Crippen LogP contribution in [0.25, 0.3) is 11.1 Å². The van der Waals surface area contributed by atoms with Gasteiger partial charge in [0.05, 0.1) is 0 Å². The zero-order chi connectivity index (χ0) is 20.0. The fraction of sp³-hybridized carbons (Fsp3) is 0.417. The summed E-state index contributed by atoms with van der Waals surface area (Å²) in [5.41, 5.74) is 9.89. The third-order valence-electron chi connectivity index (χ3n) is 6.95. The lowest BCUT2D eigenvalue weighted by atomic mass is 9.92. The van der Waals surface area contributed by atoms with Gasteiger partial charge >= 0.3 is 0 Å². The van der Waals surface area contributed by atoms with Crippen molar-refractivity contribution < 1.29 is 9.59 Å². The molecule has 5 heteroatoms. The van der Waals surface area contributed by atoms with Gasteiger partial charge in [0.25, 0.3) is 5.91 Å². The highest BCUT2D eigenvalue weighted by Gasteiger charge is 2.37. The third-order valence-corrected chi connectivity index (χ3v) is 6.95. The SMILES string of the molecule is NC(=O)c1ccc(-c2ccc3c(c2)CCN([C@@H]2CCN(C4CCC4)C2)C3=O)cc1. The van der Waals surface area contributed by atoms with Crippen LogP contribution in [-0.4, -0.2) is 53.3 Å². The summed E-state index contributed by atoms with van der Waals surface area (Å²) in [5, 5.41) is 0. The Hall–Kier alpha value is -2.66. The van der Waals surface area contributed by atoms with Gasteiger partial charge in [-0.25, -0.2) is 0 Å². The van der Waals surface area contributed by atoms with E-state index in [9.17, 15) is 9.59 Å². The number of nitrogens with two attached hydrogens (primary N) is 1. The number of fused-ring (bicyclic) bond motifs is 1. The molecule has 2 fully saturated rings. The topological polar surface area (TPSA) is 66.6 Å². The van der Waals surface area contributed by atoms with Gasteiger partial charge in [-0.3, -0.25) is 14.5 Å². The zero-order valence-corrected chi connectivity index (χ0v) is 16.6. The van der Waals surface area contributed by atoms with Crippen LogP contribution in [-0.2, 0) is 6.42 Å². The minimum absolute atomic E-state index is 0.183. The molecule has 29 heavy (non-hydrogen) atoms. The largest absolute Gasteiger partial charge is 0.366 e. The Morgan fingerprint density at radius 2 is 1.69 bits per heavy atom. The molecule has 2 heterocycles. The van der Waals surface area contributed by atoms with E-state index < -0.39 is 5.91 Å². The van der Waals surface area contributed by atoms with Crippen molar-refractivity contribution in [1.82, 2.24) is 9.80 Å². The van der Waals surface area contributed by atoms with Gasteiger partial charge in [-0.15, -0.1) is 0 Å². The van der Waals surface area contributed by atoms with Crippen LogP contribution >= 0.6 is 0 Å². The molecular formula is C24H27N3O2. The van der Waals surface area contributed by atoms with E-state index in [0.717, 1.165) is 60.8 Å². The van der Waals surface area contributed by atoms with Gasteiger partial charge < -0.3 is 10.6 Å². The first-order chi connectivity index (χ1) is 14.1. The van der Waals surface area contributed by atoms with Crippen LogP contribution in [0.5, 0.6) is 0 Å². The third kappa shape index (κ3) is 3.33. The van der Waals surface area contributed by atoms with Crippen molar-refractivity contribution in [3.8, 4) is 11.1 Å². The Morgan fingerprint density at radius 3 is 2.38 bits per heavy atom. The summed E-state index contributed by atoms with van der Waals surface area (Å²) in [5.74, 6) is -0.238. The number of amides is 2. The second-order valence-corrected chi connectivity index (χ2v) is 8.58. The summed E-state index contributed by atoms with van der Waals surface area (Å²) in [6.07, 6.45) is 6.00. The fourth-order valence-corrected chi connectivity index (χ4v) is 4.97. The lowest BCUT2D eigenvalue weighted by Gasteiger charge is -2.37. The molecule has 0 spiro atoms. The van der Waals surface area contributed by atoms with E-state index in [1.54, 1.807) is 12.1 Å². The molecule has 5 rings (SSSR count). The highest BCUT2D eigenvalue weighted by Crippen LogP contribution is 2.32. The first kappa shape index (κ1) is 18.4. The molecule has 1 saturated heterocycles. The summed E-state index contributed by atoms with van der Waals surface area (Å²) in [7, 11) is 0. The first-order valence-corrected chi connectivity index (χ1v) is 10.7. The predicted octanol–water partition coefficient (Wildman–Crippen LogP) is 3.08. The molecule has 1 saturated carbocycles. The monoisotopic (exact) mass is 389 g/mol. The molecule has 5 nitrogen and oxygen atoms in total. The Bertz CT molecular complexity index is 949. The Morgan fingerprint density at radius 1 is 0.931 bits per heavy atom. The number of benzene rings is 2. The summed E-state index contributed by atoms with van der Waals surface area (Å²) >= 11 is 0. The van der Waals surface area contributed by atoms with Crippen molar-refractivity contribution in [2.24, 2.45) is 5.73 Å². The number of carbonyl (C=O) groups is 2. The predicted molar refractivity (Wildman–Crippen MR) is 113 cm³/mol. The highest BCUT2D eigenvalue weighted by atomic mass is 16.2. The molecule has 0 unspecified atom stereocenters. The van der Waals surface area contributed by atoms with E-state index in [1.165, 1.54) is 19.3 Å². The summed E-state index contributed by atoms with van der Waals surface area (Å²) in [6.45, 7) is 2.97. The minimum Gasteiger partial charge on any atom is -0.366 e. The zero-order valence-electron chi connectivity index (χ0n) is 16.6. The molecule has 150 valence electrons. The van der Waals surface area contributed by atoms with E-state index >= 15 is 0 Å². The van der Waals surface area contributed by atoms with Gasteiger partial charge in [-0.2, -0.15) is 0 Å². The van der Waals surface area contributed by atoms with Crippen LogP contribution in [0.3, 0.4) is 0 Å². The second kappa shape index (κ2) is 7.30. The lowest BCUT2D eigenvalue weighted by Crippen LogP contribution is -2.47. The van der Waals surface area contributed by atoms with E-state index in [-0.39, 0.29) is 5.91 Å². The van der Waals surface area contributed by atoms with Crippen LogP contribution in [0.2, 0.25) is 0 Å². The maximum atomic E-state index is 13.2. The lowest BCUT2D eigenvalue weighted by molar-refractivity contribution is 0.0646. The van der Waals surface area contributed by atoms with Crippen molar-refractivity contribution in [3.05, 3.63) is 59.2 Å². The average molecular weight is 389 g/mol. The molecule has 3 aliphatic rings. The Balaban J connectivity index is 1.33. The minimum atomic E-state index is -0.421. The van der Waals surface area contributed by atoms with Crippen molar-refractivity contribution in [2.45, 2.75) is 44.2 Å². The van der Waals surface area contributed by atoms with Gasteiger partial charge in [0, 0.05) is 42.8 Å². The van der Waals surface area contributed by atoms with Gasteiger partial charge in [-0.05, 0) is 60.6 Å². The molecule has 1 aliphatic carbocycles. The number of rotatable bonds is 4. The molecule has 2 aromatic carbocycles. The normalized spacial score (nSPS) is 22.4. The number of nitrogens with zero attached hydrogens (tertiary/aromatic N) is 2. The molecular weight excluding hydrogens is 362 g/mol. The van der Waals surface area contributed by atoms with Crippen LogP contribution in [0, 0.1) is 0 Å². The van der Waals surface area contributed by atoms with Crippen molar-refractivity contribution in [1.29, 1.82) is 0 Å². The maximum Gasteiger partial charge on any atom is 0.254 e. The van der Waals surface area contributed by atoms with Crippen LogP contribution in [0.1, 0.15) is 52.0 Å². The maximum absolute atomic E-state index is 13.2. The molecule has 0 aromatic heterocycles. The van der Waals surface area contributed by atoms with Crippen molar-refractivity contribution in [2.75, 3.05) is 19.6 Å². The van der Waals surface area contributed by atoms with Gasteiger partial charge in [0.2, 0.25) is 5.91 Å². The van der Waals surface area contributed by atoms with Crippen LogP contribution in [0.15, 0.2) is 42.5 Å². The molecule has 1 atom stereocenters. The number of hydrogen-bond acceptors (Lipinski definition) is 3. The van der Waals surface area contributed by atoms with E-state index in [0.29, 0.717) is 11.6 Å². The van der Waals surface area contributed by atoms with Crippen molar-refractivity contribution in [3.63, 3.8) is 0 Å². The molecule has 2 aliphatic heterocycles. The molecule has 0 bridgehead atoms. The van der Waals surface area contributed by atoms with Gasteiger partial charge in [0.1, 0.15) is 0 Å². The van der Waals surface area contributed by atoms with E-state index in [2.05, 4.69) is 15.9 Å². The average Bonchev–Trinajstić information content (AvgIpc) is 3.16. The van der Waals surface area contributed by atoms with Crippen molar-refractivity contribution >= 4 is 11.8 Å². The summed E-state index contributed by atoms with van der Waals surface area (Å²) in [4.78, 5) is 29.2. The van der Waals surface area contributed by atoms with Crippen LogP contribution < -0.4 is 5.73 Å². The smallest absolute Gasteiger partial charge is 0.254 e. The molecule has 0 radical (unpaired) electrons. The number of likely N-dealkylation sites (tertiary alicyclic amines) is 1. The first-order valence-electron chi connectivity index (χ1n) is 10.7. The second-order valence-electron chi connectivity index (χ2n) is 8.58. The highest BCUT2D eigenvalue weighted by molar-refractivity contribution is 5.98. The van der Waals surface area contributed by atoms with E-state index in [1.807, 2.05) is 24.3 Å². The Labute approximate surface area is 171 Å². The number of carbonyl (C=O) groups excluding carboxylic acids is 2. The van der Waals surface area contributed by atoms with E-state index in [4.69, 9.17) is 5.73 Å². The number of hydrogen-bond donors (Lipinski definition) is 1. The summed E-state index contributed by atoms with van der Waals surface area (Å²) < 4.78 is 0. The fourth-order valence-electron chi connectivity index (χ4n) is 4.97. The quantitative estimate of drug-likeness (QED) is 0.874. The standard InChI is InChI=1S/C24H27N3O2/c25-23(28)17-6-4-16(5-7-17)18-8-9-22-19(14-18)10-13-27(24(22)29)21-11-12-26(15-21)20-2-1-3-20/h4-9,14,20-21H,1-3,10-13,15H2,(H2,25,28)/t21-/m1/s1. The summed E-state index contributed by atoms with van der Waals surface area (Å²) in [6, 6.07) is 14.5. The van der Waals surface area contributed by atoms with Gasteiger partial charge in [0.15, 0.2) is 0 Å². The molecule has 2 N–H and O–H groups in total. The molecule has 2 amide bonds. The number of primary amides is 1. The van der Waals surface area contributed by atoms with Crippen LogP contribution in [0.4, 0.5) is 0 Å².